The Kier molecular flexibility index (Phi) is 9.95. The van der Waals surface area contributed by atoms with Gasteiger partial charge < -0.3 is 24.8 Å². The standard InChI is InChI=1S/C37H37F3N8O4/c1-22-16-30(29-18-32(33(45-29)35(49)41-4)52-24(3)26-14-10-7-11-15-26)46(5)47(22)21-42-36(50)34-31(51-23(2)25-12-8-6-9-13-25)17-28(44-34)27-19-43-48(20-27)37(38,39)40/h6-20,23-24H,21H2,1-5H3,(H3,41,42,44,49,50)/p+1/t23-,24-/m0/s1. The molecule has 270 valence electrons. The second-order valence-electron chi connectivity index (χ2n) is 12.2. The van der Waals surface area contributed by atoms with E-state index < -0.39 is 18.3 Å². The highest BCUT2D eigenvalue weighted by molar-refractivity contribution is 5.96. The van der Waals surface area contributed by atoms with Gasteiger partial charge in [-0.2, -0.15) is 14.5 Å². The monoisotopic (exact) mass is 715 g/mol. The summed E-state index contributed by atoms with van der Waals surface area (Å²) < 4.78 is 55.8. The maximum Gasteiger partial charge on any atom is 0.504 e. The maximum absolute atomic E-state index is 13.7. The summed E-state index contributed by atoms with van der Waals surface area (Å²) in [5.74, 6) is -0.358. The summed E-state index contributed by atoms with van der Waals surface area (Å²) in [6.07, 6.45) is -3.62. The predicted molar refractivity (Wildman–Crippen MR) is 185 cm³/mol. The molecule has 6 aromatic rings. The molecule has 4 aromatic heterocycles. The van der Waals surface area contributed by atoms with Crippen molar-refractivity contribution in [3.63, 3.8) is 0 Å². The fraction of sp³-hybridized carbons (Fsp3) is 0.243. The number of nitrogens with one attached hydrogen (secondary N) is 4. The summed E-state index contributed by atoms with van der Waals surface area (Å²) in [6.45, 7) is 5.60. The molecule has 0 aliphatic rings. The van der Waals surface area contributed by atoms with E-state index in [0.29, 0.717) is 17.1 Å². The van der Waals surface area contributed by atoms with Gasteiger partial charge in [0, 0.05) is 43.9 Å². The summed E-state index contributed by atoms with van der Waals surface area (Å²) in [7, 11) is 3.35. The maximum atomic E-state index is 13.7. The van der Waals surface area contributed by atoms with Gasteiger partial charge >= 0.3 is 6.30 Å². The van der Waals surface area contributed by atoms with Crippen molar-refractivity contribution in [1.29, 1.82) is 0 Å². The highest BCUT2D eigenvalue weighted by Gasteiger charge is 2.32. The zero-order chi connectivity index (χ0) is 37.2. The van der Waals surface area contributed by atoms with Crippen LogP contribution in [0, 0.1) is 6.92 Å². The van der Waals surface area contributed by atoms with Crippen molar-refractivity contribution in [1.82, 2.24) is 35.1 Å². The quantitative estimate of drug-likeness (QED) is 0.110. The number of carbonyl (C=O) groups excluding carboxylic acids is 2. The van der Waals surface area contributed by atoms with E-state index in [1.54, 1.807) is 6.07 Å². The first-order chi connectivity index (χ1) is 24.8. The van der Waals surface area contributed by atoms with Crippen molar-refractivity contribution < 1.29 is 36.9 Å². The van der Waals surface area contributed by atoms with Gasteiger partial charge in [0.15, 0.2) is 11.5 Å². The van der Waals surface area contributed by atoms with Crippen molar-refractivity contribution in [2.24, 2.45) is 7.05 Å². The number of nitrogens with zero attached hydrogens (tertiary/aromatic N) is 4. The molecule has 4 heterocycles. The number of aromatic nitrogens is 6. The van der Waals surface area contributed by atoms with Crippen molar-refractivity contribution in [3.05, 3.63) is 119 Å². The molecule has 0 saturated carbocycles. The largest absolute Gasteiger partial charge is 0.504 e. The van der Waals surface area contributed by atoms with E-state index in [9.17, 15) is 22.8 Å². The third-order valence-corrected chi connectivity index (χ3v) is 8.67. The Morgan fingerprint density at radius 1 is 0.865 bits per heavy atom. The summed E-state index contributed by atoms with van der Waals surface area (Å²) in [5.41, 5.74) is 4.54. The Morgan fingerprint density at radius 3 is 1.94 bits per heavy atom. The first kappa shape index (κ1) is 35.6. The molecule has 2 atom stereocenters. The van der Waals surface area contributed by atoms with Crippen LogP contribution < -0.4 is 24.8 Å². The number of hydrogen-bond donors (Lipinski definition) is 4. The van der Waals surface area contributed by atoms with E-state index in [1.807, 2.05) is 104 Å². The zero-order valence-corrected chi connectivity index (χ0v) is 29.1. The molecule has 0 saturated heterocycles. The van der Waals surface area contributed by atoms with Crippen LogP contribution >= 0.6 is 0 Å². The number of hydrogen-bond acceptors (Lipinski definition) is 5. The number of aryl methyl sites for hydroxylation is 1. The molecule has 2 amide bonds. The molecule has 12 nitrogen and oxygen atoms in total. The minimum Gasteiger partial charge on any atom is -0.484 e. The molecular formula is C37H38F3N8O4+. The van der Waals surface area contributed by atoms with Gasteiger partial charge in [0.1, 0.15) is 29.3 Å². The van der Waals surface area contributed by atoms with Crippen molar-refractivity contribution in [2.45, 2.75) is 45.9 Å². The Bertz CT molecular complexity index is 2180. The normalized spacial score (nSPS) is 12.7. The number of alkyl halides is 3. The van der Waals surface area contributed by atoms with Gasteiger partial charge in [0.05, 0.1) is 24.6 Å². The van der Waals surface area contributed by atoms with Crippen molar-refractivity contribution in [2.75, 3.05) is 7.05 Å². The molecule has 15 heteroatoms. The number of amides is 2. The second kappa shape index (κ2) is 14.5. The fourth-order valence-electron chi connectivity index (χ4n) is 5.83. The molecule has 0 bridgehead atoms. The third-order valence-electron chi connectivity index (χ3n) is 8.67. The molecule has 52 heavy (non-hydrogen) atoms. The number of benzene rings is 2. The molecule has 0 fully saturated rings. The van der Waals surface area contributed by atoms with Gasteiger partial charge in [-0.15, -0.1) is 13.2 Å². The van der Waals surface area contributed by atoms with Crippen LogP contribution in [0.25, 0.3) is 22.6 Å². The van der Waals surface area contributed by atoms with Gasteiger partial charge in [-0.3, -0.25) is 14.9 Å². The van der Waals surface area contributed by atoms with E-state index >= 15 is 0 Å². The molecule has 0 unspecified atom stereocenters. The smallest absolute Gasteiger partial charge is 0.484 e. The average molecular weight is 716 g/mol. The average Bonchev–Trinajstić information content (AvgIpc) is 3.94. The van der Waals surface area contributed by atoms with E-state index in [2.05, 4.69) is 25.7 Å². The lowest BCUT2D eigenvalue weighted by Crippen LogP contribution is -2.51. The number of carbonyl (C=O) groups is 2. The Hall–Kier alpha value is -6.25. The van der Waals surface area contributed by atoms with E-state index in [4.69, 9.17) is 9.47 Å². The van der Waals surface area contributed by atoms with Crippen LogP contribution in [0.3, 0.4) is 0 Å². The van der Waals surface area contributed by atoms with Gasteiger partial charge in [0.2, 0.25) is 12.4 Å². The molecule has 0 spiro atoms. The number of halogens is 3. The van der Waals surface area contributed by atoms with Crippen LogP contribution in [-0.4, -0.2) is 43.3 Å². The lowest BCUT2D eigenvalue weighted by Gasteiger charge is -2.15. The number of ether oxygens (including phenoxy) is 2. The number of H-pyrrole nitrogens is 2. The van der Waals surface area contributed by atoms with E-state index in [1.165, 1.54) is 13.1 Å². The second-order valence-corrected chi connectivity index (χ2v) is 12.2. The lowest BCUT2D eigenvalue weighted by molar-refractivity contribution is -0.779. The minimum absolute atomic E-state index is 0.0205. The minimum atomic E-state index is -4.70. The van der Waals surface area contributed by atoms with Crippen LogP contribution in [0.1, 0.15) is 63.9 Å². The fourth-order valence-corrected chi connectivity index (χ4v) is 5.83. The van der Waals surface area contributed by atoms with Gasteiger partial charge in [-0.25, -0.2) is 0 Å². The molecule has 0 aliphatic heterocycles. The first-order valence-electron chi connectivity index (χ1n) is 16.4. The Labute approximate surface area is 297 Å². The zero-order valence-electron chi connectivity index (χ0n) is 29.1. The highest BCUT2D eigenvalue weighted by atomic mass is 19.4. The van der Waals surface area contributed by atoms with Crippen LogP contribution in [-0.2, 0) is 20.0 Å². The highest BCUT2D eigenvalue weighted by Crippen LogP contribution is 2.33. The topological polar surface area (TPSA) is 135 Å². The molecule has 0 aliphatic carbocycles. The molecule has 0 radical (unpaired) electrons. The molecular weight excluding hydrogens is 677 g/mol. The molecule has 2 aromatic carbocycles. The third kappa shape index (κ3) is 7.43. The summed E-state index contributed by atoms with van der Waals surface area (Å²) >= 11 is 0. The SMILES string of the molecule is CNC(=O)c1[nH]c(-c2cc(C)[n+](CNC(=O)c3[nH]c(-c4cnn(C(F)(F)F)c4)cc3O[C@@H](C)c3ccccc3)n2C)cc1O[C@@H](C)c1ccccc1. The van der Waals surface area contributed by atoms with Crippen LogP contribution in [0.5, 0.6) is 11.5 Å². The Morgan fingerprint density at radius 2 is 1.40 bits per heavy atom. The number of rotatable bonds is 12. The van der Waals surface area contributed by atoms with Crippen LogP contribution in [0.4, 0.5) is 13.2 Å². The Balaban J connectivity index is 1.25. The molecule has 4 N–H and O–H groups in total. The summed E-state index contributed by atoms with van der Waals surface area (Å²) in [4.78, 5) is 32.7. The first-order valence-corrected chi connectivity index (χ1v) is 16.4. The van der Waals surface area contributed by atoms with Crippen molar-refractivity contribution >= 4 is 11.8 Å². The van der Waals surface area contributed by atoms with Crippen LogP contribution in [0.15, 0.2) is 91.3 Å². The lowest BCUT2D eigenvalue weighted by atomic mass is 10.1. The van der Waals surface area contributed by atoms with Gasteiger partial charge in [0.25, 0.3) is 11.8 Å². The molecule has 6 rings (SSSR count). The van der Waals surface area contributed by atoms with Crippen LogP contribution in [0.2, 0.25) is 0 Å². The number of aromatic amines is 2. The van der Waals surface area contributed by atoms with Crippen molar-refractivity contribution in [3.8, 4) is 34.1 Å². The van der Waals surface area contributed by atoms with E-state index in [0.717, 1.165) is 29.2 Å². The van der Waals surface area contributed by atoms with Gasteiger partial charge in [-0.05, 0) is 25.0 Å². The summed E-state index contributed by atoms with van der Waals surface area (Å²) in [6, 6.07) is 24.1. The van der Waals surface area contributed by atoms with E-state index in [-0.39, 0.29) is 51.8 Å². The van der Waals surface area contributed by atoms with Gasteiger partial charge in [-0.1, -0.05) is 65.3 Å². The summed E-state index contributed by atoms with van der Waals surface area (Å²) in [5, 5.41) is 8.96. The predicted octanol–water partition coefficient (Wildman–Crippen LogP) is 6.31.